The van der Waals surface area contributed by atoms with E-state index in [1.54, 1.807) is 25.6 Å². The van der Waals surface area contributed by atoms with Crippen molar-refractivity contribution in [3.05, 3.63) is 72.6 Å². The van der Waals surface area contributed by atoms with Crippen molar-refractivity contribution in [1.82, 2.24) is 25.1 Å². The highest BCUT2D eigenvalue weighted by molar-refractivity contribution is 7.99. The second kappa shape index (κ2) is 10.5. The molecule has 0 radical (unpaired) electrons. The molecule has 1 N–H and O–H groups in total. The Labute approximate surface area is 174 Å². The number of hydrogen-bond acceptors (Lipinski definition) is 6. The zero-order chi connectivity index (χ0) is 20.5. The van der Waals surface area contributed by atoms with Crippen molar-refractivity contribution in [3.8, 4) is 11.4 Å². The van der Waals surface area contributed by atoms with Gasteiger partial charge in [0.1, 0.15) is 0 Å². The molecule has 1 amide bonds. The monoisotopic (exact) mass is 409 g/mol. The number of ether oxygens (including phenoxy) is 1. The minimum Gasteiger partial charge on any atom is -0.380 e. The van der Waals surface area contributed by atoms with Crippen molar-refractivity contribution < 1.29 is 9.53 Å². The molecule has 0 aliphatic heterocycles. The number of allylic oxidation sites excluding steroid dienone is 1. The lowest BCUT2D eigenvalue weighted by Crippen LogP contribution is -2.25. The first-order valence-electron chi connectivity index (χ1n) is 9.12. The molecule has 2 heterocycles. The van der Waals surface area contributed by atoms with Crippen LogP contribution in [0.3, 0.4) is 0 Å². The molecule has 0 aliphatic carbocycles. The maximum atomic E-state index is 12.4. The molecule has 0 atom stereocenters. The molecule has 3 rings (SSSR count). The molecule has 0 spiro atoms. The third kappa shape index (κ3) is 5.52. The third-order valence-electron chi connectivity index (χ3n) is 4.19. The van der Waals surface area contributed by atoms with Crippen LogP contribution < -0.4 is 5.32 Å². The Morgan fingerprint density at radius 3 is 2.69 bits per heavy atom. The fraction of sp³-hybridized carbons (Fsp3) is 0.238. The smallest absolute Gasteiger partial charge is 0.230 e. The fourth-order valence-electron chi connectivity index (χ4n) is 2.80. The van der Waals surface area contributed by atoms with Crippen molar-refractivity contribution in [2.45, 2.75) is 24.9 Å². The predicted molar refractivity (Wildman–Crippen MR) is 113 cm³/mol. The zero-order valence-electron chi connectivity index (χ0n) is 16.2. The van der Waals surface area contributed by atoms with Gasteiger partial charge in [0.2, 0.25) is 5.91 Å². The van der Waals surface area contributed by atoms with Crippen LogP contribution in [0.2, 0.25) is 0 Å². The molecular formula is C21H23N5O2S. The minimum absolute atomic E-state index is 0.0687. The van der Waals surface area contributed by atoms with Gasteiger partial charge in [-0.15, -0.1) is 16.8 Å². The molecular weight excluding hydrogens is 386 g/mol. The first-order chi connectivity index (χ1) is 14.2. The normalized spacial score (nSPS) is 10.7. The van der Waals surface area contributed by atoms with Gasteiger partial charge in [-0.05, 0) is 23.3 Å². The largest absolute Gasteiger partial charge is 0.380 e. The summed E-state index contributed by atoms with van der Waals surface area (Å²) in [5.41, 5.74) is 3.03. The van der Waals surface area contributed by atoms with Crippen molar-refractivity contribution in [3.63, 3.8) is 0 Å². The van der Waals surface area contributed by atoms with E-state index in [4.69, 9.17) is 4.74 Å². The molecule has 8 heteroatoms. The fourth-order valence-corrected chi connectivity index (χ4v) is 3.58. The third-order valence-corrected chi connectivity index (χ3v) is 5.16. The van der Waals surface area contributed by atoms with Crippen LogP contribution >= 0.6 is 11.8 Å². The number of nitrogens with zero attached hydrogens (tertiary/aromatic N) is 4. The Balaban J connectivity index is 1.62. The molecule has 3 aromatic rings. The van der Waals surface area contributed by atoms with Crippen molar-refractivity contribution in [2.75, 3.05) is 12.9 Å². The summed E-state index contributed by atoms with van der Waals surface area (Å²) < 4.78 is 7.15. The summed E-state index contributed by atoms with van der Waals surface area (Å²) in [4.78, 5) is 16.4. The molecule has 0 aliphatic rings. The summed E-state index contributed by atoms with van der Waals surface area (Å²) in [6.07, 6.45) is 5.21. The average molecular weight is 410 g/mol. The van der Waals surface area contributed by atoms with Crippen molar-refractivity contribution >= 4 is 17.7 Å². The van der Waals surface area contributed by atoms with E-state index < -0.39 is 0 Å². The highest BCUT2D eigenvalue weighted by Gasteiger charge is 2.15. The predicted octanol–water partition coefficient (Wildman–Crippen LogP) is 3.08. The van der Waals surface area contributed by atoms with E-state index in [0.717, 1.165) is 22.5 Å². The standard InChI is InChI=1S/C21H23N5O2S/c1-3-12-26-20(16-8-10-22-11-9-16)24-25-21(26)29-15-19(27)23-13-17-6-4-5-7-18(17)14-28-2/h3-11H,1,12-15H2,2H3,(H,23,27). The van der Waals surface area contributed by atoms with Crippen molar-refractivity contribution in [2.24, 2.45) is 0 Å². The summed E-state index contributed by atoms with van der Waals surface area (Å²) in [6, 6.07) is 11.7. The van der Waals surface area contributed by atoms with Gasteiger partial charge < -0.3 is 10.1 Å². The average Bonchev–Trinajstić information content (AvgIpc) is 3.15. The number of carbonyl (C=O) groups excluding carboxylic acids is 1. The van der Waals surface area contributed by atoms with Gasteiger partial charge in [-0.1, -0.05) is 42.1 Å². The van der Waals surface area contributed by atoms with Crippen LogP contribution in [0.25, 0.3) is 11.4 Å². The first-order valence-corrected chi connectivity index (χ1v) is 10.1. The number of nitrogens with one attached hydrogen (secondary N) is 1. The summed E-state index contributed by atoms with van der Waals surface area (Å²) in [6.45, 7) is 5.34. The summed E-state index contributed by atoms with van der Waals surface area (Å²) >= 11 is 1.35. The lowest BCUT2D eigenvalue weighted by Gasteiger charge is -2.10. The first kappa shape index (κ1) is 20.8. The van der Waals surface area contributed by atoms with Crippen molar-refractivity contribution in [1.29, 1.82) is 0 Å². The number of benzene rings is 1. The van der Waals surface area contributed by atoms with Gasteiger partial charge in [-0.25, -0.2) is 0 Å². The van der Waals surface area contributed by atoms with E-state index in [1.807, 2.05) is 41.0 Å². The zero-order valence-corrected chi connectivity index (χ0v) is 17.1. The van der Waals surface area contributed by atoms with Gasteiger partial charge in [-0.2, -0.15) is 0 Å². The van der Waals surface area contributed by atoms with Crippen LogP contribution in [0.15, 0.2) is 66.6 Å². The number of aromatic nitrogens is 4. The quantitative estimate of drug-likeness (QED) is 0.409. The molecule has 1 aromatic carbocycles. The van der Waals surface area contributed by atoms with Gasteiger partial charge >= 0.3 is 0 Å². The maximum Gasteiger partial charge on any atom is 0.230 e. The van der Waals surface area contributed by atoms with Crippen LogP contribution in [0, 0.1) is 0 Å². The lowest BCUT2D eigenvalue weighted by atomic mass is 10.1. The van der Waals surface area contributed by atoms with E-state index in [9.17, 15) is 4.79 Å². The van der Waals surface area contributed by atoms with Gasteiger partial charge in [0.15, 0.2) is 11.0 Å². The van der Waals surface area contributed by atoms with Crippen LogP contribution in [0.5, 0.6) is 0 Å². The number of carbonyl (C=O) groups is 1. The van der Waals surface area contributed by atoms with Gasteiger partial charge in [-0.3, -0.25) is 14.3 Å². The number of rotatable bonds is 10. The summed E-state index contributed by atoms with van der Waals surface area (Å²) in [5.74, 6) is 0.905. The lowest BCUT2D eigenvalue weighted by molar-refractivity contribution is -0.118. The summed E-state index contributed by atoms with van der Waals surface area (Å²) in [7, 11) is 1.66. The summed E-state index contributed by atoms with van der Waals surface area (Å²) in [5, 5.41) is 12.2. The van der Waals surface area contributed by atoms with E-state index in [-0.39, 0.29) is 11.7 Å². The molecule has 0 fully saturated rings. The number of amides is 1. The minimum atomic E-state index is -0.0687. The Morgan fingerprint density at radius 2 is 1.97 bits per heavy atom. The second-order valence-electron chi connectivity index (χ2n) is 6.21. The van der Waals surface area contributed by atoms with E-state index in [1.165, 1.54) is 11.8 Å². The molecule has 0 saturated carbocycles. The molecule has 0 saturated heterocycles. The molecule has 150 valence electrons. The number of thioether (sulfide) groups is 1. The van der Waals surface area contributed by atoms with Crippen LogP contribution in [-0.4, -0.2) is 38.5 Å². The SMILES string of the molecule is C=CCn1c(SCC(=O)NCc2ccccc2COC)nnc1-c1ccncc1. The van der Waals surface area contributed by atoms with E-state index in [2.05, 4.69) is 27.1 Å². The molecule has 0 unspecified atom stereocenters. The highest BCUT2D eigenvalue weighted by Crippen LogP contribution is 2.23. The van der Waals surface area contributed by atoms with Gasteiger partial charge in [0.25, 0.3) is 0 Å². The van der Waals surface area contributed by atoms with E-state index >= 15 is 0 Å². The second-order valence-corrected chi connectivity index (χ2v) is 7.15. The Bertz CT molecular complexity index is 959. The molecule has 7 nitrogen and oxygen atoms in total. The number of hydrogen-bond donors (Lipinski definition) is 1. The number of methoxy groups -OCH3 is 1. The Hall–Kier alpha value is -2.97. The highest BCUT2D eigenvalue weighted by atomic mass is 32.2. The molecule has 2 aromatic heterocycles. The Kier molecular flexibility index (Phi) is 7.54. The van der Waals surface area contributed by atoms with Gasteiger partial charge in [0.05, 0.1) is 12.4 Å². The maximum absolute atomic E-state index is 12.4. The number of pyridine rings is 1. The van der Waals surface area contributed by atoms with Crippen LogP contribution in [0.1, 0.15) is 11.1 Å². The molecule has 29 heavy (non-hydrogen) atoms. The van der Waals surface area contributed by atoms with E-state index in [0.29, 0.717) is 24.9 Å². The Morgan fingerprint density at radius 1 is 1.21 bits per heavy atom. The van der Waals surface area contributed by atoms with Crippen LogP contribution in [-0.2, 0) is 29.2 Å². The topological polar surface area (TPSA) is 81.9 Å². The van der Waals surface area contributed by atoms with Crippen LogP contribution in [0.4, 0.5) is 0 Å². The van der Waals surface area contributed by atoms with Gasteiger partial charge in [0, 0.05) is 38.2 Å². The molecule has 0 bridgehead atoms.